The van der Waals surface area contributed by atoms with Gasteiger partial charge in [-0.2, -0.15) is 13.2 Å². The monoisotopic (exact) mass is 634 g/mol. The summed E-state index contributed by atoms with van der Waals surface area (Å²) >= 11 is 0. The van der Waals surface area contributed by atoms with Gasteiger partial charge in [0.15, 0.2) is 0 Å². The fourth-order valence-corrected chi connectivity index (χ4v) is 5.13. The van der Waals surface area contributed by atoms with Gasteiger partial charge in [0.05, 0.1) is 6.04 Å². The van der Waals surface area contributed by atoms with Gasteiger partial charge < -0.3 is 31.5 Å². The molecule has 1 saturated heterocycles. The van der Waals surface area contributed by atoms with Gasteiger partial charge in [0.2, 0.25) is 23.5 Å². The Morgan fingerprint density at radius 2 is 1.39 bits per heavy atom. The van der Waals surface area contributed by atoms with Crippen LogP contribution in [0.15, 0.2) is 0 Å². The number of Topliss-reactive ketones (excluding diaryl/α,β-unsaturated/α-hetero) is 1. The lowest BCUT2D eigenvalue weighted by Gasteiger charge is -2.38. The first-order chi connectivity index (χ1) is 19.8. The summed E-state index contributed by atoms with van der Waals surface area (Å²) in [5.41, 5.74) is 3.47. The number of likely N-dealkylation sites (N-methyl/N-ethyl adjacent to an activating group) is 1. The third kappa shape index (κ3) is 10.7. The average molecular weight is 635 g/mol. The minimum absolute atomic E-state index is 0.0936. The molecule has 0 saturated carbocycles. The molecule has 5 N–H and O–H groups in total. The van der Waals surface area contributed by atoms with Crippen molar-refractivity contribution < 1.29 is 41.9 Å². The third-order valence-electron chi connectivity index (χ3n) is 7.66. The van der Waals surface area contributed by atoms with Gasteiger partial charge in [-0.3, -0.25) is 24.0 Å². The first-order valence-corrected chi connectivity index (χ1v) is 14.6. The van der Waals surface area contributed by atoms with E-state index in [4.69, 9.17) is 5.73 Å². The van der Waals surface area contributed by atoms with E-state index >= 15 is 0 Å². The van der Waals surface area contributed by atoms with Crippen molar-refractivity contribution in [2.45, 2.75) is 105 Å². The van der Waals surface area contributed by atoms with Gasteiger partial charge in [-0.15, -0.1) is 0 Å². The molecule has 252 valence electrons. The number of primary amides is 1. The highest BCUT2D eigenvalue weighted by atomic mass is 19.4. The van der Waals surface area contributed by atoms with Gasteiger partial charge in [0.25, 0.3) is 5.91 Å². The maximum atomic E-state index is 14.1. The standard InChI is InChI=1S/C29H49F3N6O6/c1-15(2)16-12-14-38(18(16)23(41)34-17(19(39)22(33)40)11-13-29(30,31)32)25(43)21(28(6,7)8)36-26(44)35-20(27(3,4)5)24(42)37(9)10/h15-18,20-21H,11-14H2,1-10H3,(H2,33,40)(H,34,41)(H2,35,36,44)/t16-,17?,18+,20-,21-/m1/s1. The molecule has 0 aromatic carbocycles. The predicted octanol–water partition coefficient (Wildman–Crippen LogP) is 1.96. The number of amides is 6. The number of nitrogens with zero attached hydrogens (tertiary/aromatic N) is 2. The van der Waals surface area contributed by atoms with Crippen LogP contribution in [0.2, 0.25) is 0 Å². The van der Waals surface area contributed by atoms with Crippen molar-refractivity contribution in [3.05, 3.63) is 0 Å². The quantitative estimate of drug-likeness (QED) is 0.253. The third-order valence-corrected chi connectivity index (χ3v) is 7.66. The zero-order chi connectivity index (χ0) is 34.5. The Morgan fingerprint density at radius 1 is 0.886 bits per heavy atom. The van der Waals surface area contributed by atoms with Gasteiger partial charge in [0, 0.05) is 27.1 Å². The van der Waals surface area contributed by atoms with E-state index in [1.54, 1.807) is 55.6 Å². The fraction of sp³-hybridized carbons (Fsp3) is 0.793. The van der Waals surface area contributed by atoms with Crippen molar-refractivity contribution in [2.24, 2.45) is 28.4 Å². The molecule has 0 aliphatic carbocycles. The molecular weight excluding hydrogens is 585 g/mol. The van der Waals surface area contributed by atoms with Crippen LogP contribution >= 0.6 is 0 Å². The molecule has 0 aromatic rings. The number of halogens is 3. The molecule has 0 spiro atoms. The summed E-state index contributed by atoms with van der Waals surface area (Å²) in [4.78, 5) is 80.1. The second-order valence-electron chi connectivity index (χ2n) is 14.1. The predicted molar refractivity (Wildman–Crippen MR) is 157 cm³/mol. The highest BCUT2D eigenvalue weighted by molar-refractivity contribution is 6.37. The van der Waals surface area contributed by atoms with Gasteiger partial charge >= 0.3 is 12.2 Å². The van der Waals surface area contributed by atoms with E-state index < -0.39 is 89.5 Å². The highest BCUT2D eigenvalue weighted by Crippen LogP contribution is 2.34. The Bertz CT molecular complexity index is 1100. The summed E-state index contributed by atoms with van der Waals surface area (Å²) in [6.07, 6.45) is -6.65. The zero-order valence-electron chi connectivity index (χ0n) is 27.3. The maximum absolute atomic E-state index is 14.1. The Kier molecular flexibility index (Phi) is 12.8. The number of ketones is 1. The average Bonchev–Trinajstić information content (AvgIpc) is 3.30. The second kappa shape index (κ2) is 14.6. The molecule has 6 amide bonds. The largest absolute Gasteiger partial charge is 0.389 e. The van der Waals surface area contributed by atoms with Gasteiger partial charge in [0.1, 0.15) is 18.1 Å². The smallest absolute Gasteiger partial charge is 0.363 e. The van der Waals surface area contributed by atoms with Crippen LogP contribution in [0.1, 0.15) is 74.7 Å². The number of hydrogen-bond donors (Lipinski definition) is 4. The number of likely N-dealkylation sites (tertiary alicyclic amines) is 1. The number of alkyl halides is 3. The zero-order valence-corrected chi connectivity index (χ0v) is 27.3. The molecule has 1 rings (SSSR count). The van der Waals surface area contributed by atoms with Crippen LogP contribution in [0.5, 0.6) is 0 Å². The minimum atomic E-state index is -4.66. The lowest BCUT2D eigenvalue weighted by molar-refractivity contribution is -0.147. The maximum Gasteiger partial charge on any atom is 0.389 e. The van der Waals surface area contributed by atoms with Crippen molar-refractivity contribution in [1.82, 2.24) is 25.8 Å². The molecule has 1 fully saturated rings. The molecule has 15 heteroatoms. The number of urea groups is 1. The van der Waals surface area contributed by atoms with Crippen LogP contribution < -0.4 is 21.7 Å². The van der Waals surface area contributed by atoms with E-state index in [0.29, 0.717) is 6.42 Å². The molecule has 0 aromatic heterocycles. The fourth-order valence-electron chi connectivity index (χ4n) is 5.13. The van der Waals surface area contributed by atoms with Crippen LogP contribution in [-0.2, 0) is 24.0 Å². The van der Waals surface area contributed by atoms with E-state index in [9.17, 15) is 41.9 Å². The Hall–Kier alpha value is -3.39. The number of carbonyl (C=O) groups excluding carboxylic acids is 6. The molecule has 12 nitrogen and oxygen atoms in total. The van der Waals surface area contributed by atoms with E-state index in [1.165, 1.54) is 9.80 Å². The SMILES string of the molecule is CC(C)[C@H]1CCN(C(=O)[C@@H](NC(=O)N[C@H](C(=O)N(C)C)C(C)(C)C)C(C)(C)C)[C@@H]1C(=O)NC(CCC(F)(F)F)C(=O)C(N)=O. The molecule has 1 heterocycles. The highest BCUT2D eigenvalue weighted by Gasteiger charge is 2.48. The van der Waals surface area contributed by atoms with E-state index in [0.717, 1.165) is 0 Å². The number of hydrogen-bond acceptors (Lipinski definition) is 6. The van der Waals surface area contributed by atoms with Crippen molar-refractivity contribution in [3.8, 4) is 0 Å². The lowest BCUT2D eigenvalue weighted by atomic mass is 9.84. The van der Waals surface area contributed by atoms with Gasteiger partial charge in [-0.05, 0) is 35.5 Å². The van der Waals surface area contributed by atoms with E-state index in [-0.39, 0.29) is 18.4 Å². The first kappa shape index (κ1) is 38.6. The van der Waals surface area contributed by atoms with Crippen molar-refractivity contribution >= 4 is 35.4 Å². The van der Waals surface area contributed by atoms with Crippen LogP contribution in [0.4, 0.5) is 18.0 Å². The van der Waals surface area contributed by atoms with Crippen LogP contribution in [0.3, 0.4) is 0 Å². The van der Waals surface area contributed by atoms with Crippen molar-refractivity contribution in [3.63, 3.8) is 0 Å². The Balaban J connectivity index is 3.38. The molecule has 5 atom stereocenters. The van der Waals surface area contributed by atoms with Gasteiger partial charge in [-0.25, -0.2) is 4.79 Å². The molecule has 0 bridgehead atoms. The van der Waals surface area contributed by atoms with Crippen molar-refractivity contribution in [1.29, 1.82) is 0 Å². The normalized spacial score (nSPS) is 19.5. The van der Waals surface area contributed by atoms with Crippen molar-refractivity contribution in [2.75, 3.05) is 20.6 Å². The Morgan fingerprint density at radius 3 is 1.80 bits per heavy atom. The molecular formula is C29H49F3N6O6. The summed E-state index contributed by atoms with van der Waals surface area (Å²) in [5.74, 6) is -5.37. The number of nitrogens with one attached hydrogen (secondary N) is 3. The number of rotatable bonds is 11. The molecule has 1 aliphatic heterocycles. The molecule has 0 radical (unpaired) electrons. The Labute approximate surface area is 257 Å². The lowest BCUT2D eigenvalue weighted by Crippen LogP contribution is -2.63. The van der Waals surface area contributed by atoms with E-state index in [2.05, 4.69) is 16.0 Å². The van der Waals surface area contributed by atoms with Gasteiger partial charge in [-0.1, -0.05) is 55.4 Å². The summed E-state index contributed by atoms with van der Waals surface area (Å²) in [6, 6.07) is -5.94. The topological polar surface area (TPSA) is 171 Å². The number of nitrogens with two attached hydrogens (primary N) is 1. The van der Waals surface area contributed by atoms with E-state index in [1.807, 2.05) is 13.8 Å². The molecule has 44 heavy (non-hydrogen) atoms. The number of carbonyl (C=O) groups is 6. The molecule has 1 aliphatic rings. The first-order valence-electron chi connectivity index (χ1n) is 14.6. The summed E-state index contributed by atoms with van der Waals surface area (Å²) < 4.78 is 38.8. The summed E-state index contributed by atoms with van der Waals surface area (Å²) in [6.45, 7) is 14.1. The summed E-state index contributed by atoms with van der Waals surface area (Å²) in [5, 5.41) is 7.56. The second-order valence-corrected chi connectivity index (χ2v) is 14.1. The minimum Gasteiger partial charge on any atom is -0.363 e. The summed E-state index contributed by atoms with van der Waals surface area (Å²) in [7, 11) is 3.10. The van der Waals surface area contributed by atoms with Crippen LogP contribution in [-0.4, -0.2) is 96.2 Å². The molecule has 1 unspecified atom stereocenters. The van der Waals surface area contributed by atoms with Crippen LogP contribution in [0, 0.1) is 22.7 Å². The van der Waals surface area contributed by atoms with Crippen LogP contribution in [0.25, 0.3) is 0 Å².